The van der Waals surface area contributed by atoms with Crippen LogP contribution in [0.25, 0.3) is 0 Å². The molecule has 0 saturated carbocycles. The number of nitrogens with one attached hydrogen (secondary N) is 1. The molecule has 0 spiro atoms. The minimum Gasteiger partial charge on any atom is -0.378 e. The quantitative estimate of drug-likeness (QED) is 0.837. The number of nitrogens with zero attached hydrogens (tertiary/aromatic N) is 2. The Morgan fingerprint density at radius 3 is 2.82 bits per heavy atom. The Morgan fingerprint density at radius 2 is 2.11 bits per heavy atom. The lowest BCUT2D eigenvalue weighted by atomic mass is 9.71. The van der Waals surface area contributed by atoms with Gasteiger partial charge in [-0.25, -0.2) is 0 Å². The number of anilines is 2. The van der Waals surface area contributed by atoms with Crippen LogP contribution in [0.5, 0.6) is 0 Å². The Balaban J connectivity index is 1.72. The van der Waals surface area contributed by atoms with Crippen molar-refractivity contribution in [2.24, 2.45) is 11.1 Å². The second kappa shape index (κ2) is 7.24. The van der Waals surface area contributed by atoms with Crippen LogP contribution < -0.4 is 16.0 Å². The number of hydrogen-bond acceptors (Lipinski definition) is 6. The van der Waals surface area contributed by atoms with Gasteiger partial charge in [-0.05, 0) is 48.7 Å². The second-order valence-electron chi connectivity index (χ2n) is 7.59. The van der Waals surface area contributed by atoms with Gasteiger partial charge in [-0.3, -0.25) is 14.6 Å². The molecular weight excluding hydrogens is 356 g/mol. The van der Waals surface area contributed by atoms with Crippen LogP contribution >= 0.6 is 0 Å². The van der Waals surface area contributed by atoms with E-state index in [4.69, 9.17) is 10.5 Å². The third-order valence-corrected chi connectivity index (χ3v) is 5.74. The third-order valence-electron chi connectivity index (χ3n) is 5.74. The second-order valence-corrected chi connectivity index (χ2v) is 7.59. The fraction of sp³-hybridized carbons (Fsp3) is 0.381. The van der Waals surface area contributed by atoms with Crippen molar-refractivity contribution >= 4 is 23.6 Å². The first-order valence-electron chi connectivity index (χ1n) is 9.36. The minimum atomic E-state index is -0.861. The number of nitrogens with two attached hydrogens (primary N) is 1. The number of fused-ring (bicyclic) bond motifs is 1. The molecule has 3 heterocycles. The first kappa shape index (κ1) is 18.4. The highest BCUT2D eigenvalue weighted by molar-refractivity contribution is 5.85. The molecule has 0 aliphatic carbocycles. The van der Waals surface area contributed by atoms with Crippen LogP contribution in [0.1, 0.15) is 29.7 Å². The van der Waals surface area contributed by atoms with E-state index in [2.05, 4.69) is 21.3 Å². The Kier molecular flexibility index (Phi) is 4.77. The highest BCUT2D eigenvalue weighted by Gasteiger charge is 2.44. The van der Waals surface area contributed by atoms with Crippen LogP contribution in [0.3, 0.4) is 0 Å². The van der Waals surface area contributed by atoms with Crippen molar-refractivity contribution in [3.8, 4) is 0 Å². The van der Waals surface area contributed by atoms with E-state index in [9.17, 15) is 9.59 Å². The number of carbonyl (C=O) groups is 1. The van der Waals surface area contributed by atoms with Gasteiger partial charge < -0.3 is 20.7 Å². The number of hydrogen-bond donors (Lipinski definition) is 2. The van der Waals surface area contributed by atoms with Crippen LogP contribution in [0.4, 0.5) is 11.4 Å². The number of amides is 1. The maximum Gasteiger partial charge on any atom is 0.233 e. The summed E-state index contributed by atoms with van der Waals surface area (Å²) in [6.45, 7) is 4.85. The van der Waals surface area contributed by atoms with Gasteiger partial charge in [0.15, 0.2) is 0 Å². The standard InChI is InChI=1S/C21H23N4O3/c1-21(20(22)27)10-15-8-14(13-26)2-3-18(15)24-19(21)16-9-17(12-23-11-16)25-4-6-28-7-5-25/h2-3,8-9,11-12,19,24H,4-7,10H2,1H3,(H2,22,27). The third kappa shape index (κ3) is 3.22. The Labute approximate surface area is 163 Å². The van der Waals surface area contributed by atoms with Gasteiger partial charge >= 0.3 is 0 Å². The number of benzene rings is 1. The van der Waals surface area contributed by atoms with Crippen LogP contribution in [0.15, 0.2) is 36.7 Å². The summed E-state index contributed by atoms with van der Waals surface area (Å²) in [7, 11) is 0. The number of carbonyl (C=O) groups excluding carboxylic acids is 2. The molecule has 145 valence electrons. The monoisotopic (exact) mass is 379 g/mol. The number of ether oxygens (including phenoxy) is 1. The first-order chi connectivity index (χ1) is 13.5. The molecule has 1 aromatic carbocycles. The van der Waals surface area contributed by atoms with E-state index >= 15 is 0 Å². The summed E-state index contributed by atoms with van der Waals surface area (Å²) >= 11 is 0. The molecular formula is C21H23N4O3. The van der Waals surface area contributed by atoms with E-state index in [1.165, 1.54) is 0 Å². The maximum atomic E-state index is 12.5. The van der Waals surface area contributed by atoms with Crippen molar-refractivity contribution in [2.45, 2.75) is 19.4 Å². The number of primary amides is 1. The summed E-state index contributed by atoms with van der Waals surface area (Å²) < 4.78 is 5.43. The fourth-order valence-electron chi connectivity index (χ4n) is 4.03. The molecule has 2 unspecified atom stereocenters. The molecule has 2 aromatic rings. The van der Waals surface area contributed by atoms with Gasteiger partial charge in [0.25, 0.3) is 0 Å². The van der Waals surface area contributed by atoms with Crippen molar-refractivity contribution in [1.82, 2.24) is 4.98 Å². The predicted molar refractivity (Wildman–Crippen MR) is 106 cm³/mol. The largest absolute Gasteiger partial charge is 0.378 e. The molecule has 1 saturated heterocycles. The number of pyridine rings is 1. The van der Waals surface area contributed by atoms with E-state index in [0.29, 0.717) is 25.2 Å². The van der Waals surface area contributed by atoms with Gasteiger partial charge in [0, 0.05) is 30.5 Å². The summed E-state index contributed by atoms with van der Waals surface area (Å²) in [5.41, 5.74) is 9.12. The van der Waals surface area contributed by atoms with E-state index in [0.717, 1.165) is 35.6 Å². The first-order valence-corrected chi connectivity index (χ1v) is 9.36. The molecule has 2 atom stereocenters. The van der Waals surface area contributed by atoms with E-state index in [1.54, 1.807) is 18.3 Å². The average molecular weight is 379 g/mol. The Hall–Kier alpha value is -2.93. The summed E-state index contributed by atoms with van der Waals surface area (Å²) in [5, 5.41) is 3.45. The molecule has 0 bridgehead atoms. The number of aromatic nitrogens is 1. The fourth-order valence-corrected chi connectivity index (χ4v) is 4.03. The Bertz CT molecular complexity index is 910. The maximum absolute atomic E-state index is 12.5. The molecule has 4 rings (SSSR count). The van der Waals surface area contributed by atoms with Gasteiger partial charge in [-0.2, -0.15) is 0 Å². The molecule has 2 aliphatic heterocycles. The molecule has 1 radical (unpaired) electrons. The highest BCUT2D eigenvalue weighted by atomic mass is 16.5. The molecule has 1 aromatic heterocycles. The highest BCUT2D eigenvalue weighted by Crippen LogP contribution is 2.45. The predicted octanol–water partition coefficient (Wildman–Crippen LogP) is 1.58. The van der Waals surface area contributed by atoms with Crippen LogP contribution in [-0.4, -0.2) is 43.5 Å². The summed E-state index contributed by atoms with van der Waals surface area (Å²) in [6, 6.07) is 7.07. The molecule has 3 N–H and O–H groups in total. The van der Waals surface area contributed by atoms with E-state index in [1.807, 2.05) is 25.5 Å². The summed E-state index contributed by atoms with van der Waals surface area (Å²) in [5.74, 6) is -0.395. The van der Waals surface area contributed by atoms with E-state index in [-0.39, 0.29) is 6.04 Å². The van der Waals surface area contributed by atoms with Gasteiger partial charge in [-0.1, -0.05) is 0 Å². The molecule has 7 nitrogen and oxygen atoms in total. The number of morpholine rings is 1. The van der Waals surface area contributed by atoms with Gasteiger partial charge in [-0.15, -0.1) is 0 Å². The smallest absolute Gasteiger partial charge is 0.233 e. The lowest BCUT2D eigenvalue weighted by Gasteiger charge is -2.41. The lowest BCUT2D eigenvalue weighted by Crippen LogP contribution is -2.47. The molecule has 28 heavy (non-hydrogen) atoms. The SMILES string of the molecule is CC1(C(N)=O)Cc2cc([C]=O)ccc2NC1c1cncc(N2CCOCC2)c1. The zero-order chi connectivity index (χ0) is 19.7. The van der Waals surface area contributed by atoms with Crippen molar-refractivity contribution in [1.29, 1.82) is 0 Å². The lowest BCUT2D eigenvalue weighted by molar-refractivity contribution is -0.127. The Morgan fingerprint density at radius 1 is 1.32 bits per heavy atom. The van der Waals surface area contributed by atoms with Gasteiger partial charge in [0.2, 0.25) is 12.2 Å². The van der Waals surface area contributed by atoms with Crippen molar-refractivity contribution in [3.63, 3.8) is 0 Å². The topological polar surface area (TPSA) is 97.5 Å². The zero-order valence-corrected chi connectivity index (χ0v) is 15.8. The molecule has 1 fully saturated rings. The van der Waals surface area contributed by atoms with Crippen LogP contribution in [0, 0.1) is 5.41 Å². The summed E-state index contributed by atoms with van der Waals surface area (Å²) in [4.78, 5) is 30.1. The number of rotatable bonds is 4. The average Bonchev–Trinajstić information content (AvgIpc) is 2.73. The molecule has 7 heteroatoms. The normalized spacial score (nSPS) is 24.2. The van der Waals surface area contributed by atoms with E-state index < -0.39 is 11.3 Å². The van der Waals surface area contributed by atoms with Gasteiger partial charge in [0.05, 0.1) is 36.6 Å². The minimum absolute atomic E-state index is 0.322. The van der Waals surface area contributed by atoms with Crippen molar-refractivity contribution < 1.29 is 14.3 Å². The van der Waals surface area contributed by atoms with Gasteiger partial charge in [0.1, 0.15) is 0 Å². The van der Waals surface area contributed by atoms with Crippen LogP contribution in [0.2, 0.25) is 0 Å². The van der Waals surface area contributed by atoms with Crippen molar-refractivity contribution in [3.05, 3.63) is 53.3 Å². The summed E-state index contributed by atoms with van der Waals surface area (Å²) in [6.07, 6.45) is 5.95. The zero-order valence-electron chi connectivity index (χ0n) is 15.8. The molecule has 1 amide bonds. The van der Waals surface area contributed by atoms with Crippen molar-refractivity contribution in [2.75, 3.05) is 36.5 Å². The molecule has 2 aliphatic rings. The van der Waals surface area contributed by atoms with Crippen LogP contribution in [-0.2, 0) is 20.7 Å².